The highest BCUT2D eigenvalue weighted by Crippen LogP contribution is 2.15. The quantitative estimate of drug-likeness (QED) is 0.506. The summed E-state index contributed by atoms with van der Waals surface area (Å²) in [6.45, 7) is 8.16. The molecule has 0 heteroatoms. The fourth-order valence-corrected chi connectivity index (χ4v) is 1.26. The lowest BCUT2D eigenvalue weighted by Gasteiger charge is -2.09. The molecule has 0 spiro atoms. The minimum atomic E-state index is 0.885. The van der Waals surface area contributed by atoms with E-state index < -0.39 is 0 Å². The predicted octanol–water partition coefficient (Wildman–Crippen LogP) is 3.95. The Bertz CT molecular complexity index is 111. The number of rotatable bonds is 6. The zero-order valence-corrected chi connectivity index (χ0v) is 7.84. The summed E-state index contributed by atoms with van der Waals surface area (Å²) in [5, 5.41) is 0. The average Bonchev–Trinajstić information content (AvgIpc) is 2.03. The molecule has 0 N–H and O–H groups in total. The van der Waals surface area contributed by atoms with Crippen LogP contribution in [0.25, 0.3) is 0 Å². The van der Waals surface area contributed by atoms with E-state index in [2.05, 4.69) is 26.5 Å². The van der Waals surface area contributed by atoms with Crippen molar-refractivity contribution in [3.63, 3.8) is 0 Å². The van der Waals surface area contributed by atoms with Crippen LogP contribution in [-0.4, -0.2) is 0 Å². The molecule has 0 bridgehead atoms. The van der Waals surface area contributed by atoms with E-state index in [1.807, 2.05) is 12.2 Å². The third kappa shape index (κ3) is 5.90. The Morgan fingerprint density at radius 3 is 2.55 bits per heavy atom. The van der Waals surface area contributed by atoms with E-state index in [4.69, 9.17) is 0 Å². The highest BCUT2D eigenvalue weighted by molar-refractivity contribution is 4.97. The number of hydrogen-bond acceptors (Lipinski definition) is 0. The molecule has 0 saturated heterocycles. The van der Waals surface area contributed by atoms with Gasteiger partial charge in [0.2, 0.25) is 0 Å². The molecule has 1 unspecified atom stereocenters. The fraction of sp³-hybridized carbons (Fsp3) is 0.636. The van der Waals surface area contributed by atoms with E-state index in [0.29, 0.717) is 0 Å². The molecule has 0 nitrogen and oxygen atoms in total. The van der Waals surface area contributed by atoms with Crippen molar-refractivity contribution in [2.75, 3.05) is 0 Å². The van der Waals surface area contributed by atoms with Crippen LogP contribution < -0.4 is 0 Å². The van der Waals surface area contributed by atoms with Crippen LogP contribution in [-0.2, 0) is 0 Å². The van der Waals surface area contributed by atoms with Crippen LogP contribution in [0.3, 0.4) is 0 Å². The molecule has 0 aromatic rings. The van der Waals surface area contributed by atoms with Crippen LogP contribution in [0.4, 0.5) is 0 Å². The van der Waals surface area contributed by atoms with Crippen molar-refractivity contribution in [1.29, 1.82) is 0 Å². The summed E-state index contributed by atoms with van der Waals surface area (Å²) < 4.78 is 0. The second-order valence-corrected chi connectivity index (χ2v) is 2.96. The fourth-order valence-electron chi connectivity index (χ4n) is 1.26. The standard InChI is InChI=1S/C11H20/c1-4-7-8-10-11(6-3)9-5-2/h4,7-8,11H,1,5-6,9-10H2,2-3H3/b8-7+. The maximum Gasteiger partial charge on any atom is -0.0319 e. The van der Waals surface area contributed by atoms with Crippen LogP contribution in [0, 0.1) is 5.92 Å². The molecule has 0 aliphatic rings. The van der Waals surface area contributed by atoms with Gasteiger partial charge < -0.3 is 0 Å². The summed E-state index contributed by atoms with van der Waals surface area (Å²) in [4.78, 5) is 0. The Balaban J connectivity index is 3.50. The first-order chi connectivity index (χ1) is 5.35. The average molecular weight is 152 g/mol. The summed E-state index contributed by atoms with van der Waals surface area (Å²) in [6.07, 6.45) is 11.3. The zero-order chi connectivity index (χ0) is 8.53. The lowest BCUT2D eigenvalue weighted by Crippen LogP contribution is -1.95. The lowest BCUT2D eigenvalue weighted by molar-refractivity contribution is 0.470. The van der Waals surface area contributed by atoms with Gasteiger partial charge in [0.1, 0.15) is 0 Å². The number of hydrogen-bond donors (Lipinski definition) is 0. The van der Waals surface area contributed by atoms with E-state index in [-0.39, 0.29) is 0 Å². The molecule has 0 amide bonds. The molecule has 0 heterocycles. The van der Waals surface area contributed by atoms with Gasteiger partial charge in [-0.3, -0.25) is 0 Å². The molecule has 1 atom stereocenters. The molecular weight excluding hydrogens is 132 g/mol. The molecule has 64 valence electrons. The third-order valence-electron chi connectivity index (χ3n) is 2.02. The van der Waals surface area contributed by atoms with Crippen molar-refractivity contribution >= 4 is 0 Å². The first-order valence-electron chi connectivity index (χ1n) is 4.62. The molecule has 0 aromatic carbocycles. The van der Waals surface area contributed by atoms with Crippen molar-refractivity contribution in [3.8, 4) is 0 Å². The van der Waals surface area contributed by atoms with Gasteiger partial charge in [-0.2, -0.15) is 0 Å². The molecule has 0 aliphatic heterocycles. The van der Waals surface area contributed by atoms with Gasteiger partial charge >= 0.3 is 0 Å². The summed E-state index contributed by atoms with van der Waals surface area (Å²) in [5.74, 6) is 0.885. The molecule has 0 fully saturated rings. The van der Waals surface area contributed by atoms with E-state index in [1.54, 1.807) is 0 Å². The Morgan fingerprint density at radius 2 is 2.09 bits per heavy atom. The second kappa shape index (κ2) is 7.59. The molecular formula is C11H20. The van der Waals surface area contributed by atoms with Crippen molar-refractivity contribution in [1.82, 2.24) is 0 Å². The van der Waals surface area contributed by atoms with Gasteiger partial charge in [-0.1, -0.05) is 57.9 Å². The Kier molecular flexibility index (Phi) is 7.23. The van der Waals surface area contributed by atoms with Gasteiger partial charge in [-0.25, -0.2) is 0 Å². The zero-order valence-electron chi connectivity index (χ0n) is 7.84. The molecule has 0 aromatic heterocycles. The van der Waals surface area contributed by atoms with E-state index in [9.17, 15) is 0 Å². The summed E-state index contributed by atoms with van der Waals surface area (Å²) in [5.41, 5.74) is 0. The molecule has 0 saturated carbocycles. The third-order valence-corrected chi connectivity index (χ3v) is 2.02. The van der Waals surface area contributed by atoms with Crippen LogP contribution in [0.15, 0.2) is 24.8 Å². The van der Waals surface area contributed by atoms with E-state index >= 15 is 0 Å². The van der Waals surface area contributed by atoms with Crippen molar-refractivity contribution in [2.45, 2.75) is 39.5 Å². The van der Waals surface area contributed by atoms with Gasteiger partial charge in [0, 0.05) is 0 Å². The first-order valence-corrected chi connectivity index (χ1v) is 4.62. The minimum absolute atomic E-state index is 0.885. The first kappa shape index (κ1) is 10.5. The Hall–Kier alpha value is -0.520. The van der Waals surface area contributed by atoms with Crippen molar-refractivity contribution in [2.24, 2.45) is 5.92 Å². The molecule has 0 aliphatic carbocycles. The van der Waals surface area contributed by atoms with E-state index in [1.165, 1.54) is 25.7 Å². The second-order valence-electron chi connectivity index (χ2n) is 2.96. The van der Waals surface area contributed by atoms with Gasteiger partial charge in [-0.05, 0) is 12.3 Å². The topological polar surface area (TPSA) is 0 Å². The highest BCUT2D eigenvalue weighted by Gasteiger charge is 2.00. The van der Waals surface area contributed by atoms with Crippen molar-refractivity contribution < 1.29 is 0 Å². The number of allylic oxidation sites excluding steroid dienone is 3. The predicted molar refractivity (Wildman–Crippen MR) is 52.6 cm³/mol. The SMILES string of the molecule is C=C/C=C/CC(CC)CCC. The van der Waals surface area contributed by atoms with Crippen LogP contribution in [0.5, 0.6) is 0 Å². The van der Waals surface area contributed by atoms with Crippen LogP contribution >= 0.6 is 0 Å². The Labute approximate surface area is 71.0 Å². The smallest absolute Gasteiger partial charge is 0.0319 e. The van der Waals surface area contributed by atoms with Crippen LogP contribution in [0.1, 0.15) is 39.5 Å². The summed E-state index contributed by atoms with van der Waals surface area (Å²) in [6, 6.07) is 0. The van der Waals surface area contributed by atoms with Gasteiger partial charge in [-0.15, -0.1) is 0 Å². The summed E-state index contributed by atoms with van der Waals surface area (Å²) >= 11 is 0. The van der Waals surface area contributed by atoms with E-state index in [0.717, 1.165) is 5.92 Å². The highest BCUT2D eigenvalue weighted by atomic mass is 14.1. The minimum Gasteiger partial charge on any atom is -0.0991 e. The Morgan fingerprint density at radius 1 is 1.36 bits per heavy atom. The molecule has 0 rings (SSSR count). The monoisotopic (exact) mass is 152 g/mol. The maximum atomic E-state index is 3.64. The van der Waals surface area contributed by atoms with Crippen LogP contribution in [0.2, 0.25) is 0 Å². The van der Waals surface area contributed by atoms with Crippen molar-refractivity contribution in [3.05, 3.63) is 24.8 Å². The lowest BCUT2D eigenvalue weighted by atomic mass is 9.97. The van der Waals surface area contributed by atoms with Gasteiger partial charge in [0.25, 0.3) is 0 Å². The normalized spacial score (nSPS) is 13.6. The maximum absolute atomic E-state index is 3.64. The van der Waals surface area contributed by atoms with Gasteiger partial charge in [0.05, 0.1) is 0 Å². The summed E-state index contributed by atoms with van der Waals surface area (Å²) in [7, 11) is 0. The van der Waals surface area contributed by atoms with Gasteiger partial charge in [0.15, 0.2) is 0 Å². The molecule has 0 radical (unpaired) electrons. The largest absolute Gasteiger partial charge is 0.0991 e. The molecule has 11 heavy (non-hydrogen) atoms.